The number of nitrogens with zero attached hydrogens (tertiary/aromatic N) is 2. The second kappa shape index (κ2) is 8.67. The molecule has 0 unspecified atom stereocenters. The van der Waals surface area contributed by atoms with Crippen LogP contribution in [0.25, 0.3) is 5.69 Å². The molecule has 0 atom stereocenters. The summed E-state index contributed by atoms with van der Waals surface area (Å²) in [5, 5.41) is 19.3. The highest BCUT2D eigenvalue weighted by atomic mass is 16.3. The maximum absolute atomic E-state index is 12.0. The van der Waals surface area contributed by atoms with Gasteiger partial charge in [-0.3, -0.25) is 0 Å². The van der Waals surface area contributed by atoms with E-state index in [-0.39, 0.29) is 18.7 Å². The molecule has 0 spiro atoms. The summed E-state index contributed by atoms with van der Waals surface area (Å²) in [7, 11) is 0. The Kier molecular flexibility index (Phi) is 6.06. The van der Waals surface area contributed by atoms with Crippen LogP contribution >= 0.6 is 0 Å². The van der Waals surface area contributed by atoms with E-state index in [0.29, 0.717) is 12.5 Å². The summed E-state index contributed by atoms with van der Waals surface area (Å²) in [4.78, 5) is 12.0. The van der Waals surface area contributed by atoms with Crippen LogP contribution in [0, 0.1) is 5.92 Å². The molecule has 1 aromatic carbocycles. The van der Waals surface area contributed by atoms with Gasteiger partial charge in [0, 0.05) is 31.6 Å². The van der Waals surface area contributed by atoms with Crippen molar-refractivity contribution in [3.05, 3.63) is 48.3 Å². The molecule has 1 fully saturated rings. The van der Waals surface area contributed by atoms with Crippen LogP contribution in [-0.2, 0) is 6.42 Å². The summed E-state index contributed by atoms with van der Waals surface area (Å²) in [5.74, 6) is 0.408. The second-order valence-electron chi connectivity index (χ2n) is 6.67. The van der Waals surface area contributed by atoms with Crippen molar-refractivity contribution in [3.8, 4) is 5.69 Å². The lowest BCUT2D eigenvalue weighted by molar-refractivity contribution is 0.174. The molecule has 1 aliphatic rings. The normalized spacial score (nSPS) is 20.2. The molecule has 0 bridgehead atoms. The van der Waals surface area contributed by atoms with E-state index in [1.165, 1.54) is 5.56 Å². The number of aromatic nitrogens is 2. The first-order valence-electron chi connectivity index (χ1n) is 8.99. The smallest absolute Gasteiger partial charge is 0.315 e. The van der Waals surface area contributed by atoms with Crippen molar-refractivity contribution in [2.45, 2.75) is 38.1 Å². The first-order chi connectivity index (χ1) is 12.2. The number of urea groups is 1. The van der Waals surface area contributed by atoms with Crippen LogP contribution in [-0.4, -0.2) is 40.1 Å². The summed E-state index contributed by atoms with van der Waals surface area (Å²) in [6.45, 7) is 0.872. The minimum absolute atomic E-state index is 0.0967. The number of rotatable bonds is 6. The van der Waals surface area contributed by atoms with Gasteiger partial charge in [0.15, 0.2) is 0 Å². The molecule has 6 heteroatoms. The van der Waals surface area contributed by atoms with Crippen LogP contribution in [0.1, 0.15) is 31.2 Å². The molecule has 1 aromatic heterocycles. The highest BCUT2D eigenvalue weighted by molar-refractivity contribution is 5.74. The molecule has 6 nitrogen and oxygen atoms in total. The molecule has 25 heavy (non-hydrogen) atoms. The largest absolute Gasteiger partial charge is 0.396 e. The number of aliphatic hydroxyl groups excluding tert-OH is 1. The second-order valence-corrected chi connectivity index (χ2v) is 6.67. The molecule has 0 saturated heterocycles. The molecule has 0 aliphatic heterocycles. The van der Waals surface area contributed by atoms with Crippen molar-refractivity contribution in [1.82, 2.24) is 20.4 Å². The number of carbonyl (C=O) groups is 1. The third kappa shape index (κ3) is 5.06. The predicted molar refractivity (Wildman–Crippen MR) is 96.6 cm³/mol. The van der Waals surface area contributed by atoms with Gasteiger partial charge in [-0.1, -0.05) is 12.1 Å². The van der Waals surface area contributed by atoms with E-state index in [1.54, 1.807) is 6.20 Å². The average molecular weight is 342 g/mol. The van der Waals surface area contributed by atoms with Gasteiger partial charge in [0.25, 0.3) is 0 Å². The Bertz CT molecular complexity index is 647. The van der Waals surface area contributed by atoms with Gasteiger partial charge in [-0.05, 0) is 61.8 Å². The monoisotopic (exact) mass is 342 g/mol. The molecule has 1 heterocycles. The number of hydrogen-bond acceptors (Lipinski definition) is 3. The van der Waals surface area contributed by atoms with E-state index in [1.807, 2.05) is 29.1 Å². The Morgan fingerprint density at radius 3 is 2.60 bits per heavy atom. The fourth-order valence-corrected chi connectivity index (χ4v) is 3.28. The van der Waals surface area contributed by atoms with Gasteiger partial charge in [-0.25, -0.2) is 9.48 Å². The van der Waals surface area contributed by atoms with Crippen molar-refractivity contribution < 1.29 is 9.90 Å². The zero-order valence-corrected chi connectivity index (χ0v) is 14.4. The molecule has 2 aromatic rings. The van der Waals surface area contributed by atoms with Crippen LogP contribution in [0.3, 0.4) is 0 Å². The molecule has 3 rings (SSSR count). The maximum Gasteiger partial charge on any atom is 0.315 e. The number of hydrogen-bond donors (Lipinski definition) is 3. The molecular formula is C19H26N4O2. The van der Waals surface area contributed by atoms with E-state index in [9.17, 15) is 4.79 Å². The highest BCUT2D eigenvalue weighted by Gasteiger charge is 2.21. The molecular weight excluding hydrogens is 316 g/mol. The van der Waals surface area contributed by atoms with E-state index >= 15 is 0 Å². The van der Waals surface area contributed by atoms with Crippen LogP contribution in [0.4, 0.5) is 4.79 Å². The fourth-order valence-electron chi connectivity index (χ4n) is 3.28. The quantitative estimate of drug-likeness (QED) is 0.753. The number of nitrogens with one attached hydrogen (secondary N) is 2. The number of amides is 2. The minimum atomic E-state index is -0.0967. The van der Waals surface area contributed by atoms with Crippen LogP contribution in [0.15, 0.2) is 42.7 Å². The van der Waals surface area contributed by atoms with Gasteiger partial charge in [0.05, 0.1) is 5.69 Å². The lowest BCUT2D eigenvalue weighted by atomic mass is 9.87. The summed E-state index contributed by atoms with van der Waals surface area (Å²) in [6.07, 6.45) is 8.35. The molecule has 0 radical (unpaired) electrons. The molecule has 3 N–H and O–H groups in total. The number of aliphatic hydroxyl groups is 1. The summed E-state index contributed by atoms with van der Waals surface area (Å²) < 4.78 is 1.82. The summed E-state index contributed by atoms with van der Waals surface area (Å²) >= 11 is 0. The predicted octanol–water partition coefficient (Wildman–Crippen LogP) is 2.27. The Labute approximate surface area is 148 Å². The van der Waals surface area contributed by atoms with Gasteiger partial charge >= 0.3 is 6.03 Å². The zero-order chi connectivity index (χ0) is 17.5. The summed E-state index contributed by atoms with van der Waals surface area (Å²) in [6, 6.07) is 10.2. The molecule has 134 valence electrons. The Morgan fingerprint density at radius 1 is 1.20 bits per heavy atom. The van der Waals surface area contributed by atoms with E-state index < -0.39 is 0 Å². The van der Waals surface area contributed by atoms with Gasteiger partial charge < -0.3 is 15.7 Å². The summed E-state index contributed by atoms with van der Waals surface area (Å²) in [5.41, 5.74) is 2.21. The first-order valence-corrected chi connectivity index (χ1v) is 8.99. The number of carbonyl (C=O) groups excluding carboxylic acids is 1. The lowest BCUT2D eigenvalue weighted by Gasteiger charge is -2.27. The van der Waals surface area contributed by atoms with E-state index in [0.717, 1.165) is 37.8 Å². The maximum atomic E-state index is 12.0. The highest BCUT2D eigenvalue weighted by Crippen LogP contribution is 2.23. The van der Waals surface area contributed by atoms with Crippen molar-refractivity contribution in [2.75, 3.05) is 13.2 Å². The molecule has 1 aliphatic carbocycles. The third-order valence-corrected chi connectivity index (χ3v) is 4.84. The van der Waals surface area contributed by atoms with Crippen molar-refractivity contribution in [1.29, 1.82) is 0 Å². The first kappa shape index (κ1) is 17.5. The zero-order valence-electron chi connectivity index (χ0n) is 14.4. The van der Waals surface area contributed by atoms with Crippen molar-refractivity contribution >= 4 is 6.03 Å². The Morgan fingerprint density at radius 2 is 1.96 bits per heavy atom. The van der Waals surface area contributed by atoms with Crippen LogP contribution in [0.5, 0.6) is 0 Å². The van der Waals surface area contributed by atoms with Gasteiger partial charge in [-0.2, -0.15) is 5.10 Å². The van der Waals surface area contributed by atoms with E-state index in [2.05, 4.69) is 27.9 Å². The lowest BCUT2D eigenvalue weighted by Crippen LogP contribution is -2.44. The molecule has 1 saturated carbocycles. The Hall–Kier alpha value is -2.34. The third-order valence-electron chi connectivity index (χ3n) is 4.84. The Balaban J connectivity index is 1.37. The SMILES string of the molecule is O=C(NCCc1ccc(-n2cccn2)cc1)NC1CCC(CO)CC1. The average Bonchev–Trinajstić information content (AvgIpc) is 3.18. The van der Waals surface area contributed by atoms with Gasteiger partial charge in [0.2, 0.25) is 0 Å². The minimum Gasteiger partial charge on any atom is -0.396 e. The van der Waals surface area contributed by atoms with Gasteiger partial charge in [-0.15, -0.1) is 0 Å². The molecule has 2 amide bonds. The van der Waals surface area contributed by atoms with Crippen LogP contribution < -0.4 is 10.6 Å². The van der Waals surface area contributed by atoms with Crippen molar-refractivity contribution in [2.24, 2.45) is 5.92 Å². The van der Waals surface area contributed by atoms with Gasteiger partial charge in [0.1, 0.15) is 0 Å². The van der Waals surface area contributed by atoms with E-state index in [4.69, 9.17) is 5.11 Å². The standard InChI is InChI=1S/C19H26N4O2/c24-14-16-2-6-17(7-3-16)22-19(25)20-12-10-15-4-8-18(9-5-15)23-13-1-11-21-23/h1,4-5,8-9,11,13,16-17,24H,2-3,6-7,10,12,14H2,(H2,20,22,25). The topological polar surface area (TPSA) is 79.2 Å². The number of benzene rings is 1. The van der Waals surface area contributed by atoms with Crippen molar-refractivity contribution in [3.63, 3.8) is 0 Å². The fraction of sp³-hybridized carbons (Fsp3) is 0.474. The van der Waals surface area contributed by atoms with Crippen LogP contribution in [0.2, 0.25) is 0 Å².